The normalized spacial score (nSPS) is 10.2. The van der Waals surface area contributed by atoms with Gasteiger partial charge in [-0.2, -0.15) is 0 Å². The minimum Gasteiger partial charge on any atom is -0.506 e. The van der Waals surface area contributed by atoms with Gasteiger partial charge in [-0.1, -0.05) is 12.1 Å². The van der Waals surface area contributed by atoms with Crippen LogP contribution >= 0.6 is 15.9 Å². The Hall–Kier alpha value is -1.07. The van der Waals surface area contributed by atoms with Gasteiger partial charge in [-0.25, -0.2) is 0 Å². The van der Waals surface area contributed by atoms with Crippen molar-refractivity contribution in [1.29, 1.82) is 0 Å². The monoisotopic (exact) mass is 286 g/mol. The summed E-state index contributed by atoms with van der Waals surface area (Å²) in [4.78, 5) is 12.8. The van der Waals surface area contributed by atoms with Crippen molar-refractivity contribution < 1.29 is 9.90 Å². The quantitative estimate of drug-likeness (QED) is 0.878. The first-order chi connectivity index (χ1) is 7.52. The zero-order valence-electron chi connectivity index (χ0n) is 9.33. The molecular formula is C11H15BrN2O2. The van der Waals surface area contributed by atoms with Gasteiger partial charge in [-0.3, -0.25) is 4.79 Å². The Kier molecular flexibility index (Phi) is 4.76. The number of phenols is 1. The highest BCUT2D eigenvalue weighted by molar-refractivity contribution is 9.10. The van der Waals surface area contributed by atoms with Gasteiger partial charge in [0.25, 0.3) is 0 Å². The number of amides is 1. The number of carbonyl (C=O) groups is 1. The summed E-state index contributed by atoms with van der Waals surface area (Å²) < 4.78 is 0.658. The molecule has 1 aromatic rings. The molecule has 0 saturated carbocycles. The molecule has 0 aliphatic carbocycles. The molecule has 1 amide bonds. The van der Waals surface area contributed by atoms with Crippen LogP contribution in [0.1, 0.15) is 5.56 Å². The summed E-state index contributed by atoms with van der Waals surface area (Å²) >= 11 is 3.24. The van der Waals surface area contributed by atoms with Crippen LogP contribution in [0.4, 0.5) is 0 Å². The number of benzene rings is 1. The molecule has 16 heavy (non-hydrogen) atoms. The molecule has 1 rings (SSSR count). The highest BCUT2D eigenvalue weighted by Gasteiger charge is 2.06. The largest absolute Gasteiger partial charge is 0.506 e. The SMILES string of the molecule is CN(C)C(=O)CNCc1cccc(Br)c1O. The summed E-state index contributed by atoms with van der Waals surface area (Å²) in [7, 11) is 3.42. The van der Waals surface area contributed by atoms with Crippen molar-refractivity contribution in [2.75, 3.05) is 20.6 Å². The zero-order chi connectivity index (χ0) is 12.1. The maximum atomic E-state index is 11.3. The maximum absolute atomic E-state index is 11.3. The average molecular weight is 287 g/mol. The number of halogens is 1. The molecule has 0 aliphatic rings. The van der Waals surface area contributed by atoms with Gasteiger partial charge in [-0.05, 0) is 22.0 Å². The van der Waals surface area contributed by atoms with Gasteiger partial charge in [0.15, 0.2) is 0 Å². The Morgan fingerprint density at radius 3 is 2.81 bits per heavy atom. The Bertz CT molecular complexity index is 380. The van der Waals surface area contributed by atoms with E-state index in [9.17, 15) is 9.90 Å². The predicted molar refractivity (Wildman–Crippen MR) is 66.2 cm³/mol. The lowest BCUT2D eigenvalue weighted by Crippen LogP contribution is -2.32. The summed E-state index contributed by atoms with van der Waals surface area (Å²) in [5, 5.41) is 12.7. The van der Waals surface area contributed by atoms with Crippen LogP contribution < -0.4 is 5.32 Å². The first kappa shape index (κ1) is 13.0. The van der Waals surface area contributed by atoms with E-state index >= 15 is 0 Å². The van der Waals surface area contributed by atoms with Crippen LogP contribution in [0.2, 0.25) is 0 Å². The fourth-order valence-corrected chi connectivity index (χ4v) is 1.57. The van der Waals surface area contributed by atoms with Crippen LogP contribution in [0.3, 0.4) is 0 Å². The van der Waals surface area contributed by atoms with E-state index < -0.39 is 0 Å². The molecule has 0 radical (unpaired) electrons. The molecule has 2 N–H and O–H groups in total. The maximum Gasteiger partial charge on any atom is 0.236 e. The van der Waals surface area contributed by atoms with Crippen LogP contribution in [-0.4, -0.2) is 36.6 Å². The molecule has 1 aromatic carbocycles. The van der Waals surface area contributed by atoms with Crippen LogP contribution in [0, 0.1) is 0 Å². The number of hydrogen-bond acceptors (Lipinski definition) is 3. The molecule has 88 valence electrons. The molecule has 0 aromatic heterocycles. The minimum absolute atomic E-state index is 0.00878. The summed E-state index contributed by atoms with van der Waals surface area (Å²) in [6.07, 6.45) is 0. The van der Waals surface area contributed by atoms with E-state index in [1.54, 1.807) is 20.2 Å². The van der Waals surface area contributed by atoms with E-state index in [1.807, 2.05) is 12.1 Å². The molecular weight excluding hydrogens is 272 g/mol. The standard InChI is InChI=1S/C11H15BrN2O2/c1-14(2)10(15)7-13-6-8-4-3-5-9(12)11(8)16/h3-5,13,16H,6-7H2,1-2H3. The first-order valence-corrected chi connectivity index (χ1v) is 5.69. The van der Waals surface area contributed by atoms with Crippen LogP contribution in [0.25, 0.3) is 0 Å². The highest BCUT2D eigenvalue weighted by Crippen LogP contribution is 2.26. The summed E-state index contributed by atoms with van der Waals surface area (Å²) in [5.41, 5.74) is 0.765. The van der Waals surface area contributed by atoms with Crippen molar-refractivity contribution in [1.82, 2.24) is 10.2 Å². The van der Waals surface area contributed by atoms with Crippen molar-refractivity contribution in [3.8, 4) is 5.75 Å². The summed E-state index contributed by atoms with van der Waals surface area (Å²) in [6.45, 7) is 0.726. The molecule has 5 heteroatoms. The van der Waals surface area contributed by atoms with Crippen molar-refractivity contribution in [3.05, 3.63) is 28.2 Å². The van der Waals surface area contributed by atoms with Gasteiger partial charge < -0.3 is 15.3 Å². The number of para-hydroxylation sites is 1. The lowest BCUT2D eigenvalue weighted by Gasteiger charge is -2.11. The number of carbonyl (C=O) groups excluding carboxylic acids is 1. The van der Waals surface area contributed by atoms with E-state index in [4.69, 9.17) is 0 Å². The van der Waals surface area contributed by atoms with Gasteiger partial charge in [0.2, 0.25) is 5.91 Å². The fourth-order valence-electron chi connectivity index (χ4n) is 1.16. The number of phenolic OH excluding ortho intramolecular Hbond substituents is 1. The molecule has 0 fully saturated rings. The van der Waals surface area contributed by atoms with Gasteiger partial charge in [0.05, 0.1) is 11.0 Å². The second kappa shape index (κ2) is 5.86. The molecule has 4 nitrogen and oxygen atoms in total. The van der Waals surface area contributed by atoms with Gasteiger partial charge >= 0.3 is 0 Å². The molecule has 0 atom stereocenters. The molecule has 0 bridgehead atoms. The van der Waals surface area contributed by atoms with Crippen molar-refractivity contribution in [2.45, 2.75) is 6.54 Å². The third kappa shape index (κ3) is 3.50. The van der Waals surface area contributed by atoms with Crippen LogP contribution in [0.5, 0.6) is 5.75 Å². The second-order valence-electron chi connectivity index (χ2n) is 3.64. The second-order valence-corrected chi connectivity index (χ2v) is 4.49. The van der Waals surface area contributed by atoms with Crippen molar-refractivity contribution in [3.63, 3.8) is 0 Å². The number of likely N-dealkylation sites (N-methyl/N-ethyl adjacent to an activating group) is 1. The summed E-state index contributed by atoms with van der Waals surface area (Å²) in [6, 6.07) is 5.42. The van der Waals surface area contributed by atoms with Gasteiger partial charge in [-0.15, -0.1) is 0 Å². The molecule has 0 unspecified atom stereocenters. The van der Waals surface area contributed by atoms with Crippen LogP contribution in [-0.2, 0) is 11.3 Å². The number of hydrogen-bond donors (Lipinski definition) is 2. The Morgan fingerprint density at radius 1 is 1.50 bits per heavy atom. The third-order valence-corrected chi connectivity index (χ3v) is 2.80. The number of nitrogens with zero attached hydrogens (tertiary/aromatic N) is 1. The van der Waals surface area contributed by atoms with E-state index in [2.05, 4.69) is 21.2 Å². The molecule has 0 spiro atoms. The van der Waals surface area contributed by atoms with E-state index in [0.717, 1.165) is 5.56 Å². The van der Waals surface area contributed by atoms with Gasteiger partial charge in [0.1, 0.15) is 5.75 Å². The smallest absolute Gasteiger partial charge is 0.236 e. The highest BCUT2D eigenvalue weighted by atomic mass is 79.9. The number of nitrogens with one attached hydrogen (secondary N) is 1. The predicted octanol–water partition coefficient (Wildman–Crippen LogP) is 1.33. The Morgan fingerprint density at radius 2 is 2.19 bits per heavy atom. The fraction of sp³-hybridized carbons (Fsp3) is 0.364. The van der Waals surface area contributed by atoms with E-state index in [0.29, 0.717) is 11.0 Å². The summed E-state index contributed by atoms with van der Waals surface area (Å²) in [5.74, 6) is 0.224. The van der Waals surface area contributed by atoms with Crippen molar-refractivity contribution >= 4 is 21.8 Å². The molecule has 0 heterocycles. The molecule has 0 saturated heterocycles. The Balaban J connectivity index is 2.49. The minimum atomic E-state index is 0.00878. The average Bonchev–Trinajstić information content (AvgIpc) is 2.24. The third-order valence-electron chi connectivity index (χ3n) is 2.16. The number of rotatable bonds is 4. The Labute approximate surface area is 103 Å². The topological polar surface area (TPSA) is 52.6 Å². The van der Waals surface area contributed by atoms with Gasteiger partial charge in [0, 0.05) is 26.2 Å². The van der Waals surface area contributed by atoms with Crippen LogP contribution in [0.15, 0.2) is 22.7 Å². The first-order valence-electron chi connectivity index (χ1n) is 4.89. The number of aromatic hydroxyl groups is 1. The van der Waals surface area contributed by atoms with E-state index in [1.165, 1.54) is 4.90 Å². The van der Waals surface area contributed by atoms with Crippen molar-refractivity contribution in [2.24, 2.45) is 0 Å². The lowest BCUT2D eigenvalue weighted by molar-refractivity contribution is -0.127. The zero-order valence-corrected chi connectivity index (χ0v) is 10.9. The lowest BCUT2D eigenvalue weighted by atomic mass is 10.2. The van der Waals surface area contributed by atoms with E-state index in [-0.39, 0.29) is 18.2 Å². The molecule has 0 aliphatic heterocycles.